The van der Waals surface area contributed by atoms with Crippen molar-refractivity contribution in [2.45, 2.75) is 45.8 Å². The minimum absolute atomic E-state index is 0.765. The molecule has 0 radical (unpaired) electrons. The normalized spacial score (nSPS) is 14.4. The monoisotopic (exact) mass is 257 g/mol. The van der Waals surface area contributed by atoms with Gasteiger partial charge in [0.15, 0.2) is 0 Å². The third-order valence-corrected chi connectivity index (χ3v) is 3.68. The molecule has 100 valence electrons. The van der Waals surface area contributed by atoms with Gasteiger partial charge in [-0.3, -0.25) is 4.98 Å². The summed E-state index contributed by atoms with van der Waals surface area (Å²) < 4.78 is 2.26. The molecular weight excluding hydrogens is 238 g/mol. The molecule has 3 heterocycles. The van der Waals surface area contributed by atoms with E-state index in [-0.39, 0.29) is 0 Å². The van der Waals surface area contributed by atoms with Crippen LogP contribution in [0.3, 0.4) is 0 Å². The summed E-state index contributed by atoms with van der Waals surface area (Å²) in [5.74, 6) is 2.19. The summed E-state index contributed by atoms with van der Waals surface area (Å²) in [6, 6.07) is 2.04. The highest BCUT2D eigenvalue weighted by atomic mass is 15.3. The van der Waals surface area contributed by atoms with Crippen LogP contribution in [0.15, 0.2) is 18.5 Å². The number of nitrogens with zero attached hydrogens (tertiary/aromatic N) is 4. The Morgan fingerprint density at radius 1 is 1.26 bits per heavy atom. The molecule has 2 aromatic heterocycles. The van der Waals surface area contributed by atoms with Gasteiger partial charge in [0, 0.05) is 31.9 Å². The molecule has 0 amide bonds. The first kappa shape index (κ1) is 12.3. The maximum absolute atomic E-state index is 4.29. The van der Waals surface area contributed by atoms with E-state index in [0.29, 0.717) is 0 Å². The lowest BCUT2D eigenvalue weighted by Crippen LogP contribution is -2.19. The van der Waals surface area contributed by atoms with E-state index in [0.717, 1.165) is 37.7 Å². The van der Waals surface area contributed by atoms with Gasteiger partial charge < -0.3 is 9.88 Å². The first-order valence-electron chi connectivity index (χ1n) is 6.86. The standard InChI is InChI=1S/C14H19N5/c1-11-5-6-15-8-12(11)9-16-10-14-18-17-13-4-2-3-7-19(13)14/h5-6,8,16H,2-4,7,9-10H2,1H3. The highest BCUT2D eigenvalue weighted by molar-refractivity contribution is 5.21. The van der Waals surface area contributed by atoms with Crippen LogP contribution >= 0.6 is 0 Å². The molecule has 0 saturated heterocycles. The van der Waals surface area contributed by atoms with Gasteiger partial charge in [-0.25, -0.2) is 0 Å². The quantitative estimate of drug-likeness (QED) is 0.904. The molecule has 0 unspecified atom stereocenters. The van der Waals surface area contributed by atoms with Crippen molar-refractivity contribution in [2.24, 2.45) is 0 Å². The van der Waals surface area contributed by atoms with Gasteiger partial charge in [-0.05, 0) is 37.0 Å². The summed E-state index contributed by atoms with van der Waals surface area (Å²) in [6.07, 6.45) is 7.28. The number of fused-ring (bicyclic) bond motifs is 1. The molecule has 1 aliphatic heterocycles. The number of aromatic nitrogens is 4. The van der Waals surface area contributed by atoms with E-state index in [1.54, 1.807) is 0 Å². The first-order valence-corrected chi connectivity index (χ1v) is 6.86. The lowest BCUT2D eigenvalue weighted by molar-refractivity contribution is 0.497. The Kier molecular flexibility index (Phi) is 3.55. The third kappa shape index (κ3) is 2.66. The van der Waals surface area contributed by atoms with Crippen molar-refractivity contribution in [2.75, 3.05) is 0 Å². The van der Waals surface area contributed by atoms with Crippen LogP contribution in [0, 0.1) is 6.92 Å². The minimum Gasteiger partial charge on any atom is -0.314 e. The average Bonchev–Trinajstić information content (AvgIpc) is 2.85. The van der Waals surface area contributed by atoms with Gasteiger partial charge in [0.25, 0.3) is 0 Å². The molecule has 1 aliphatic rings. The zero-order valence-corrected chi connectivity index (χ0v) is 11.3. The topological polar surface area (TPSA) is 55.6 Å². The van der Waals surface area contributed by atoms with E-state index in [9.17, 15) is 0 Å². The predicted molar refractivity (Wildman–Crippen MR) is 72.5 cm³/mol. The fourth-order valence-electron chi connectivity index (χ4n) is 2.49. The molecule has 0 aromatic carbocycles. The zero-order valence-electron chi connectivity index (χ0n) is 11.3. The van der Waals surface area contributed by atoms with Crippen molar-refractivity contribution >= 4 is 0 Å². The highest BCUT2D eigenvalue weighted by Crippen LogP contribution is 2.14. The average molecular weight is 257 g/mol. The number of nitrogens with one attached hydrogen (secondary N) is 1. The summed E-state index contributed by atoms with van der Waals surface area (Å²) in [5, 5.41) is 12.0. The Labute approximate surface area is 113 Å². The maximum Gasteiger partial charge on any atom is 0.147 e. The van der Waals surface area contributed by atoms with E-state index >= 15 is 0 Å². The Balaban J connectivity index is 1.61. The summed E-state index contributed by atoms with van der Waals surface area (Å²) in [6.45, 7) is 4.76. The van der Waals surface area contributed by atoms with E-state index in [1.165, 1.54) is 24.0 Å². The number of rotatable bonds is 4. The molecule has 1 N–H and O–H groups in total. The first-order chi connectivity index (χ1) is 9.34. The van der Waals surface area contributed by atoms with Gasteiger partial charge in [0.05, 0.1) is 6.54 Å². The van der Waals surface area contributed by atoms with Gasteiger partial charge in [-0.15, -0.1) is 10.2 Å². The lowest BCUT2D eigenvalue weighted by Gasteiger charge is -2.15. The molecule has 0 aliphatic carbocycles. The Bertz CT molecular complexity index is 561. The fourth-order valence-corrected chi connectivity index (χ4v) is 2.49. The van der Waals surface area contributed by atoms with Crippen LogP contribution < -0.4 is 5.32 Å². The zero-order chi connectivity index (χ0) is 13.1. The van der Waals surface area contributed by atoms with Crippen molar-refractivity contribution in [3.63, 3.8) is 0 Å². The van der Waals surface area contributed by atoms with Crippen molar-refractivity contribution in [3.05, 3.63) is 41.2 Å². The van der Waals surface area contributed by atoms with Gasteiger partial charge >= 0.3 is 0 Å². The van der Waals surface area contributed by atoms with Crippen LogP contribution in [0.25, 0.3) is 0 Å². The van der Waals surface area contributed by atoms with Crippen molar-refractivity contribution in [3.8, 4) is 0 Å². The van der Waals surface area contributed by atoms with Crippen LogP contribution in [-0.2, 0) is 26.1 Å². The molecule has 3 rings (SSSR count). The molecule has 2 aromatic rings. The molecule has 0 bridgehead atoms. The summed E-state index contributed by atoms with van der Waals surface area (Å²) >= 11 is 0. The SMILES string of the molecule is Cc1ccncc1CNCc1nnc2n1CCCC2. The van der Waals surface area contributed by atoms with Crippen molar-refractivity contribution in [1.82, 2.24) is 25.1 Å². The summed E-state index contributed by atoms with van der Waals surface area (Å²) in [5.41, 5.74) is 2.51. The number of hydrogen-bond acceptors (Lipinski definition) is 4. The van der Waals surface area contributed by atoms with E-state index in [1.807, 2.05) is 18.5 Å². The van der Waals surface area contributed by atoms with E-state index in [4.69, 9.17) is 0 Å². The lowest BCUT2D eigenvalue weighted by atomic mass is 10.1. The van der Waals surface area contributed by atoms with Crippen LogP contribution in [0.1, 0.15) is 35.6 Å². The third-order valence-electron chi connectivity index (χ3n) is 3.68. The van der Waals surface area contributed by atoms with Gasteiger partial charge in [-0.1, -0.05) is 0 Å². The van der Waals surface area contributed by atoms with Gasteiger partial charge in [-0.2, -0.15) is 0 Å². The van der Waals surface area contributed by atoms with E-state index in [2.05, 4.69) is 32.0 Å². The largest absolute Gasteiger partial charge is 0.314 e. The second kappa shape index (κ2) is 5.48. The van der Waals surface area contributed by atoms with Crippen LogP contribution in [-0.4, -0.2) is 19.7 Å². The van der Waals surface area contributed by atoms with Gasteiger partial charge in [0.2, 0.25) is 0 Å². The summed E-state index contributed by atoms with van der Waals surface area (Å²) in [7, 11) is 0. The minimum atomic E-state index is 0.765. The van der Waals surface area contributed by atoms with Crippen molar-refractivity contribution < 1.29 is 0 Å². The molecule has 5 heteroatoms. The number of aryl methyl sites for hydroxylation is 2. The van der Waals surface area contributed by atoms with Crippen LogP contribution in [0.2, 0.25) is 0 Å². The number of hydrogen-bond donors (Lipinski definition) is 1. The van der Waals surface area contributed by atoms with E-state index < -0.39 is 0 Å². The number of pyridine rings is 1. The van der Waals surface area contributed by atoms with Gasteiger partial charge in [0.1, 0.15) is 11.6 Å². The molecular formula is C14H19N5. The Hall–Kier alpha value is -1.75. The van der Waals surface area contributed by atoms with Crippen LogP contribution in [0.4, 0.5) is 0 Å². The molecule has 0 saturated carbocycles. The van der Waals surface area contributed by atoms with Crippen molar-refractivity contribution in [1.29, 1.82) is 0 Å². The highest BCUT2D eigenvalue weighted by Gasteiger charge is 2.14. The van der Waals surface area contributed by atoms with Crippen LogP contribution in [0.5, 0.6) is 0 Å². The second-order valence-corrected chi connectivity index (χ2v) is 5.05. The Morgan fingerprint density at radius 2 is 2.21 bits per heavy atom. The molecule has 0 atom stereocenters. The fraction of sp³-hybridized carbons (Fsp3) is 0.500. The predicted octanol–water partition coefficient (Wildman–Crippen LogP) is 1.61. The molecule has 5 nitrogen and oxygen atoms in total. The summed E-state index contributed by atoms with van der Waals surface area (Å²) in [4.78, 5) is 4.16. The maximum atomic E-state index is 4.29. The second-order valence-electron chi connectivity index (χ2n) is 5.05. The molecule has 0 fully saturated rings. The molecule has 0 spiro atoms. The Morgan fingerprint density at radius 3 is 3.11 bits per heavy atom. The molecule has 19 heavy (non-hydrogen) atoms. The smallest absolute Gasteiger partial charge is 0.147 e.